The maximum Gasteiger partial charge on any atom is 0.518 e. The van der Waals surface area contributed by atoms with Gasteiger partial charge in [0.05, 0.1) is 0 Å². The molecular weight excluding hydrogens is 237 g/mol. The molecule has 0 atom stereocenters. The van der Waals surface area contributed by atoms with E-state index in [2.05, 4.69) is 12.0 Å². The van der Waals surface area contributed by atoms with Gasteiger partial charge in [0.25, 0.3) is 0 Å². The predicted octanol–water partition coefficient (Wildman–Crippen LogP) is 2.76. The summed E-state index contributed by atoms with van der Waals surface area (Å²) in [7, 11) is -1.34. The smallest absolute Gasteiger partial charge is 0.425 e. The molecule has 3 nitrogen and oxygen atoms in total. The molecule has 0 aromatic heterocycles. The van der Waals surface area contributed by atoms with Crippen LogP contribution >= 0.6 is 0 Å². The first kappa shape index (κ1) is 11.9. The van der Waals surface area contributed by atoms with Crippen molar-refractivity contribution in [1.29, 1.82) is 0 Å². The first-order valence-electron chi connectivity index (χ1n) is 6.14. The van der Waals surface area contributed by atoms with Gasteiger partial charge in [-0.15, -0.1) is 0 Å². The summed E-state index contributed by atoms with van der Waals surface area (Å²) in [6.07, 6.45) is 0. The lowest BCUT2D eigenvalue weighted by Gasteiger charge is -2.13. The Morgan fingerprint density at radius 3 is 1.74 bits per heavy atom. The Kier molecular flexibility index (Phi) is 2.80. The van der Waals surface area contributed by atoms with E-state index in [1.54, 1.807) is 0 Å². The molecule has 0 radical (unpaired) electrons. The molecule has 19 heavy (non-hydrogen) atoms. The second kappa shape index (κ2) is 4.48. The van der Waals surface area contributed by atoms with Crippen LogP contribution in [0.2, 0.25) is 0 Å². The number of fused-ring (bicyclic) bond motifs is 2. The number of hydrogen-bond acceptors (Lipinski definition) is 3. The molecule has 0 amide bonds. The predicted molar refractivity (Wildman–Crippen MR) is 79.6 cm³/mol. The highest BCUT2D eigenvalue weighted by atomic mass is 16.3. The first-order valence-corrected chi connectivity index (χ1v) is 6.14. The minimum Gasteiger partial charge on any atom is -0.425 e. The van der Waals surface area contributed by atoms with Crippen LogP contribution in [0.15, 0.2) is 53.6 Å². The largest absolute Gasteiger partial charge is 0.518 e. The van der Waals surface area contributed by atoms with Crippen LogP contribution in [0.5, 0.6) is 0 Å². The standard InChI is InChI=1S/C15H12BNO2/c1-10-11-6-2-4-8-13(11)15(16(18)17-19)14-9-5-3-7-12(10)14/h2-9,18H,1H3. The number of aryl methyl sites for hydroxylation is 1. The van der Waals surface area contributed by atoms with E-state index in [-0.39, 0.29) is 0 Å². The lowest BCUT2D eigenvalue weighted by atomic mass is 9.70. The van der Waals surface area contributed by atoms with Gasteiger partial charge in [-0.3, -0.25) is 0 Å². The van der Waals surface area contributed by atoms with E-state index in [1.807, 2.05) is 48.5 Å². The Morgan fingerprint density at radius 1 is 0.895 bits per heavy atom. The topological polar surface area (TPSA) is 49.7 Å². The van der Waals surface area contributed by atoms with E-state index in [9.17, 15) is 9.93 Å². The van der Waals surface area contributed by atoms with E-state index in [0.29, 0.717) is 5.46 Å². The van der Waals surface area contributed by atoms with Gasteiger partial charge in [-0.25, -0.2) is 0 Å². The Morgan fingerprint density at radius 2 is 1.32 bits per heavy atom. The normalized spacial score (nSPS) is 10.8. The van der Waals surface area contributed by atoms with Crippen molar-refractivity contribution < 1.29 is 5.02 Å². The van der Waals surface area contributed by atoms with Crippen LogP contribution in [0, 0.1) is 11.8 Å². The van der Waals surface area contributed by atoms with Crippen LogP contribution in [0.1, 0.15) is 5.56 Å². The summed E-state index contributed by atoms with van der Waals surface area (Å²) >= 11 is 0. The molecule has 0 aliphatic rings. The molecule has 3 aromatic rings. The summed E-state index contributed by atoms with van der Waals surface area (Å²) in [6.45, 7) is 2.05. The third-order valence-electron chi connectivity index (χ3n) is 3.60. The highest BCUT2D eigenvalue weighted by molar-refractivity contribution is 6.70. The van der Waals surface area contributed by atoms with Gasteiger partial charge >= 0.3 is 7.05 Å². The Balaban J connectivity index is 2.60. The quantitative estimate of drug-likeness (QED) is 0.431. The summed E-state index contributed by atoms with van der Waals surface area (Å²) < 4.78 is 0. The lowest BCUT2D eigenvalue weighted by Crippen LogP contribution is -2.29. The highest BCUT2D eigenvalue weighted by Gasteiger charge is 2.23. The summed E-state index contributed by atoms with van der Waals surface area (Å²) in [5.74, 6) is 0. The molecule has 0 bridgehead atoms. The van der Waals surface area contributed by atoms with Crippen LogP contribution in [0.25, 0.3) is 21.5 Å². The van der Waals surface area contributed by atoms with Crippen LogP contribution in [0.3, 0.4) is 0 Å². The molecule has 3 rings (SSSR count). The van der Waals surface area contributed by atoms with Crippen LogP contribution < -0.4 is 5.46 Å². The van der Waals surface area contributed by atoms with Crippen molar-refractivity contribution in [2.45, 2.75) is 6.92 Å². The Bertz CT molecular complexity index is 729. The van der Waals surface area contributed by atoms with Crippen molar-refractivity contribution in [2.75, 3.05) is 0 Å². The molecule has 92 valence electrons. The fourth-order valence-corrected chi connectivity index (χ4v) is 2.71. The molecule has 0 heterocycles. The zero-order chi connectivity index (χ0) is 13.4. The van der Waals surface area contributed by atoms with E-state index < -0.39 is 7.05 Å². The molecular formula is C15H12BNO2. The SMILES string of the molecule is Cc1c2ccccc2c(B(O)N=O)c2ccccc12. The van der Waals surface area contributed by atoms with Gasteiger partial charge in [-0.1, -0.05) is 53.6 Å². The van der Waals surface area contributed by atoms with Gasteiger partial charge in [0.15, 0.2) is 0 Å². The molecule has 4 heteroatoms. The first-order chi connectivity index (χ1) is 9.24. The van der Waals surface area contributed by atoms with Crippen molar-refractivity contribution in [3.05, 3.63) is 59.0 Å². The minimum absolute atomic E-state index is 0.590. The Labute approximate surface area is 111 Å². The molecule has 0 aliphatic carbocycles. The van der Waals surface area contributed by atoms with E-state index in [1.165, 1.54) is 0 Å². The number of hydrogen-bond donors (Lipinski definition) is 1. The molecule has 3 aromatic carbocycles. The molecule has 0 spiro atoms. The van der Waals surface area contributed by atoms with Gasteiger partial charge in [-0.05, 0) is 39.5 Å². The number of nitroso groups, excluding NO2 is 1. The molecule has 0 saturated carbocycles. The second-order valence-electron chi connectivity index (χ2n) is 4.61. The highest BCUT2D eigenvalue weighted by Crippen LogP contribution is 2.26. The average Bonchev–Trinajstić information content (AvgIpc) is 2.47. The van der Waals surface area contributed by atoms with Gasteiger partial charge in [0, 0.05) is 0 Å². The van der Waals surface area contributed by atoms with Crippen LogP contribution in [-0.2, 0) is 0 Å². The van der Waals surface area contributed by atoms with Gasteiger partial charge in [0.1, 0.15) is 0 Å². The van der Waals surface area contributed by atoms with Crippen LogP contribution in [0.4, 0.5) is 0 Å². The maximum absolute atomic E-state index is 10.8. The van der Waals surface area contributed by atoms with Crippen molar-refractivity contribution in [1.82, 2.24) is 0 Å². The van der Waals surface area contributed by atoms with Crippen molar-refractivity contribution in [2.24, 2.45) is 5.09 Å². The molecule has 1 N–H and O–H groups in total. The maximum atomic E-state index is 10.8. The summed E-state index contributed by atoms with van der Waals surface area (Å²) in [4.78, 5) is 10.8. The Hall–Kier alpha value is -2.20. The summed E-state index contributed by atoms with van der Waals surface area (Å²) in [6, 6.07) is 15.5. The van der Waals surface area contributed by atoms with E-state index >= 15 is 0 Å². The fraction of sp³-hybridized carbons (Fsp3) is 0.0667. The number of benzene rings is 3. The molecule has 0 aliphatic heterocycles. The van der Waals surface area contributed by atoms with E-state index in [4.69, 9.17) is 0 Å². The molecule has 0 unspecified atom stereocenters. The van der Waals surface area contributed by atoms with Crippen molar-refractivity contribution >= 4 is 34.1 Å². The molecule has 0 fully saturated rings. The monoisotopic (exact) mass is 249 g/mol. The third kappa shape index (κ3) is 1.72. The summed E-state index contributed by atoms with van der Waals surface area (Å²) in [5, 5.41) is 16.6. The van der Waals surface area contributed by atoms with Gasteiger partial charge < -0.3 is 5.02 Å². The van der Waals surface area contributed by atoms with E-state index in [0.717, 1.165) is 27.1 Å². The average molecular weight is 249 g/mol. The lowest BCUT2D eigenvalue weighted by molar-refractivity contribution is 0.588. The number of nitrogens with zero attached hydrogens (tertiary/aromatic N) is 1. The summed E-state index contributed by atoms with van der Waals surface area (Å²) in [5.41, 5.74) is 1.74. The second-order valence-corrected chi connectivity index (χ2v) is 4.61. The zero-order valence-electron chi connectivity index (χ0n) is 10.5. The van der Waals surface area contributed by atoms with Crippen molar-refractivity contribution in [3.8, 4) is 0 Å². The van der Waals surface area contributed by atoms with Gasteiger partial charge in [-0.2, -0.15) is 4.91 Å². The number of rotatable bonds is 2. The van der Waals surface area contributed by atoms with Gasteiger partial charge in [0.2, 0.25) is 0 Å². The van der Waals surface area contributed by atoms with Crippen molar-refractivity contribution in [3.63, 3.8) is 0 Å². The molecule has 0 saturated heterocycles. The minimum atomic E-state index is -1.34. The zero-order valence-corrected chi connectivity index (χ0v) is 10.5. The third-order valence-corrected chi connectivity index (χ3v) is 3.60. The van der Waals surface area contributed by atoms with Crippen LogP contribution in [-0.4, -0.2) is 12.1 Å². The fourth-order valence-electron chi connectivity index (χ4n) is 2.71.